The van der Waals surface area contributed by atoms with E-state index in [1.165, 1.54) is 30.0 Å². The molecule has 0 radical (unpaired) electrons. The summed E-state index contributed by atoms with van der Waals surface area (Å²) in [5.41, 5.74) is 1.51. The second-order valence-electron chi connectivity index (χ2n) is 7.05. The van der Waals surface area contributed by atoms with Crippen LogP contribution in [-0.2, 0) is 13.0 Å². The molecule has 3 rings (SSSR count). The molecular weight excluding hydrogens is 396 g/mol. The molecule has 2 heterocycles. The summed E-state index contributed by atoms with van der Waals surface area (Å²) >= 11 is 1.26. The molecule has 29 heavy (non-hydrogen) atoms. The maximum absolute atomic E-state index is 13.7. The molecule has 0 aliphatic heterocycles. The lowest BCUT2D eigenvalue weighted by atomic mass is 10.1. The predicted molar refractivity (Wildman–Crippen MR) is 108 cm³/mol. The average Bonchev–Trinajstić information content (AvgIpc) is 2.98. The Balaban J connectivity index is 2.07. The third-order valence-corrected chi connectivity index (χ3v) is 5.46. The van der Waals surface area contributed by atoms with Gasteiger partial charge in [0.1, 0.15) is 22.5 Å². The molecular formula is C21H23F2N3O2S. The first-order chi connectivity index (χ1) is 13.9. The van der Waals surface area contributed by atoms with Crippen molar-refractivity contribution in [2.24, 2.45) is 0 Å². The van der Waals surface area contributed by atoms with Gasteiger partial charge in [0.25, 0.3) is 0 Å². The Hall–Kier alpha value is -2.45. The lowest BCUT2D eigenvalue weighted by Crippen LogP contribution is -2.10. The summed E-state index contributed by atoms with van der Waals surface area (Å²) < 4.78 is 29.4. The number of benzene rings is 1. The molecule has 0 unspecified atom stereocenters. The average molecular weight is 419 g/mol. The number of halogens is 2. The molecule has 154 valence electrons. The van der Waals surface area contributed by atoms with Crippen molar-refractivity contribution in [3.8, 4) is 0 Å². The van der Waals surface area contributed by atoms with Gasteiger partial charge in [-0.25, -0.2) is 13.8 Å². The van der Waals surface area contributed by atoms with Gasteiger partial charge in [-0.1, -0.05) is 31.7 Å². The van der Waals surface area contributed by atoms with Crippen LogP contribution in [0.15, 0.2) is 51.2 Å². The third-order valence-electron chi connectivity index (χ3n) is 4.37. The molecule has 0 bridgehead atoms. The summed E-state index contributed by atoms with van der Waals surface area (Å²) in [6, 6.07) is 6.63. The van der Waals surface area contributed by atoms with Crippen LogP contribution in [0.2, 0.25) is 0 Å². The number of nitrogens with zero attached hydrogens (tertiary/aromatic N) is 2. The molecule has 0 aliphatic carbocycles. The minimum absolute atomic E-state index is 0.0418. The van der Waals surface area contributed by atoms with Crippen LogP contribution in [0.3, 0.4) is 0 Å². The Bertz CT molecular complexity index is 1010. The zero-order valence-electron chi connectivity index (χ0n) is 16.3. The highest BCUT2D eigenvalue weighted by molar-refractivity contribution is 7.99. The van der Waals surface area contributed by atoms with Crippen LogP contribution < -0.4 is 5.56 Å². The number of hydrogen-bond acceptors (Lipinski definition) is 4. The van der Waals surface area contributed by atoms with Gasteiger partial charge in [0, 0.05) is 36.3 Å². The van der Waals surface area contributed by atoms with Gasteiger partial charge in [-0.3, -0.25) is 4.79 Å². The van der Waals surface area contributed by atoms with Crippen molar-refractivity contribution in [3.05, 3.63) is 75.6 Å². The number of aliphatic hydroxyl groups is 1. The SMILES string of the molecule is CC(C)c1nc(CCCO)n(Cc2ccc(=O)[nH]c2)c1Sc1cc(F)cc(F)c1. The van der Waals surface area contributed by atoms with Gasteiger partial charge in [-0.05, 0) is 30.0 Å². The monoisotopic (exact) mass is 419 g/mol. The molecule has 2 aromatic heterocycles. The second kappa shape index (κ2) is 9.37. The Morgan fingerprint density at radius 3 is 2.52 bits per heavy atom. The fraction of sp³-hybridized carbons (Fsp3) is 0.333. The maximum atomic E-state index is 13.7. The van der Waals surface area contributed by atoms with Gasteiger partial charge >= 0.3 is 0 Å². The Labute approximate surface area is 171 Å². The minimum Gasteiger partial charge on any atom is -0.396 e. The van der Waals surface area contributed by atoms with E-state index in [1.807, 2.05) is 18.4 Å². The summed E-state index contributed by atoms with van der Waals surface area (Å²) in [6.07, 6.45) is 2.76. The van der Waals surface area contributed by atoms with Crippen molar-refractivity contribution in [2.45, 2.75) is 49.1 Å². The number of H-pyrrole nitrogens is 1. The molecule has 1 aromatic carbocycles. The molecule has 0 saturated heterocycles. The van der Waals surface area contributed by atoms with E-state index in [0.717, 1.165) is 28.2 Å². The molecule has 8 heteroatoms. The number of aromatic amines is 1. The van der Waals surface area contributed by atoms with Crippen LogP contribution in [0.4, 0.5) is 8.78 Å². The van der Waals surface area contributed by atoms with Crippen molar-refractivity contribution in [1.29, 1.82) is 0 Å². The Kier molecular flexibility index (Phi) is 6.87. The van der Waals surface area contributed by atoms with Crippen molar-refractivity contribution in [3.63, 3.8) is 0 Å². The number of hydrogen-bond donors (Lipinski definition) is 2. The molecule has 0 saturated carbocycles. The molecule has 0 aliphatic rings. The smallest absolute Gasteiger partial charge is 0.247 e. The number of aromatic nitrogens is 3. The van der Waals surface area contributed by atoms with Crippen LogP contribution in [0.5, 0.6) is 0 Å². The number of pyridine rings is 1. The molecule has 3 aromatic rings. The topological polar surface area (TPSA) is 70.9 Å². The van der Waals surface area contributed by atoms with Crippen molar-refractivity contribution in [2.75, 3.05) is 6.61 Å². The second-order valence-corrected chi connectivity index (χ2v) is 8.12. The minimum atomic E-state index is -0.634. The summed E-state index contributed by atoms with van der Waals surface area (Å²) in [4.78, 5) is 19.2. The number of aliphatic hydroxyl groups excluding tert-OH is 1. The Morgan fingerprint density at radius 1 is 1.21 bits per heavy atom. The zero-order valence-corrected chi connectivity index (χ0v) is 17.1. The van der Waals surface area contributed by atoms with E-state index in [4.69, 9.17) is 4.98 Å². The largest absolute Gasteiger partial charge is 0.396 e. The van der Waals surface area contributed by atoms with Gasteiger partial charge in [-0.2, -0.15) is 0 Å². The van der Waals surface area contributed by atoms with Gasteiger partial charge < -0.3 is 14.7 Å². The van der Waals surface area contributed by atoms with E-state index in [0.29, 0.717) is 24.3 Å². The summed E-state index contributed by atoms with van der Waals surface area (Å²) in [5, 5.41) is 10.1. The first kappa shape index (κ1) is 21.3. The van der Waals surface area contributed by atoms with E-state index in [-0.39, 0.29) is 18.1 Å². The van der Waals surface area contributed by atoms with E-state index in [1.54, 1.807) is 12.3 Å². The molecule has 0 spiro atoms. The highest BCUT2D eigenvalue weighted by Gasteiger charge is 2.21. The lowest BCUT2D eigenvalue weighted by molar-refractivity contribution is 0.287. The van der Waals surface area contributed by atoms with E-state index < -0.39 is 11.6 Å². The highest BCUT2D eigenvalue weighted by atomic mass is 32.2. The number of aryl methyl sites for hydroxylation is 1. The molecule has 0 fully saturated rings. The van der Waals surface area contributed by atoms with Crippen LogP contribution in [0.25, 0.3) is 0 Å². The van der Waals surface area contributed by atoms with Crippen molar-refractivity contribution >= 4 is 11.8 Å². The van der Waals surface area contributed by atoms with E-state index in [9.17, 15) is 18.7 Å². The quantitative estimate of drug-likeness (QED) is 0.577. The molecule has 0 atom stereocenters. The first-order valence-electron chi connectivity index (χ1n) is 9.39. The van der Waals surface area contributed by atoms with Crippen molar-refractivity contribution in [1.82, 2.24) is 14.5 Å². The first-order valence-corrected chi connectivity index (χ1v) is 10.2. The van der Waals surface area contributed by atoms with E-state index in [2.05, 4.69) is 4.98 Å². The molecule has 0 amide bonds. The third kappa shape index (κ3) is 5.33. The standard InChI is InChI=1S/C21H23F2N3O2S/c1-13(2)20-21(29-17-9-15(22)8-16(23)10-17)26(18(25-20)4-3-7-27)12-14-5-6-19(28)24-11-14/h5-6,8-11,13,27H,3-4,7,12H2,1-2H3,(H,24,28). The Morgan fingerprint density at radius 2 is 1.93 bits per heavy atom. The van der Waals surface area contributed by atoms with Gasteiger partial charge in [0.05, 0.1) is 12.2 Å². The van der Waals surface area contributed by atoms with Crippen LogP contribution in [-0.4, -0.2) is 26.2 Å². The number of nitrogens with one attached hydrogen (secondary N) is 1. The van der Waals surface area contributed by atoms with Gasteiger partial charge in [0.2, 0.25) is 5.56 Å². The van der Waals surface area contributed by atoms with Crippen molar-refractivity contribution < 1.29 is 13.9 Å². The number of rotatable bonds is 8. The normalized spacial score (nSPS) is 11.4. The fourth-order valence-corrected chi connectivity index (χ4v) is 4.23. The molecule has 2 N–H and O–H groups in total. The van der Waals surface area contributed by atoms with Gasteiger partial charge in [-0.15, -0.1) is 0 Å². The lowest BCUT2D eigenvalue weighted by Gasteiger charge is -2.13. The van der Waals surface area contributed by atoms with Crippen LogP contribution in [0, 0.1) is 11.6 Å². The summed E-state index contributed by atoms with van der Waals surface area (Å²) in [6.45, 7) is 4.51. The van der Waals surface area contributed by atoms with Crippen LogP contribution in [0.1, 0.15) is 43.3 Å². The summed E-state index contributed by atoms with van der Waals surface area (Å²) in [7, 11) is 0. The highest BCUT2D eigenvalue weighted by Crippen LogP contribution is 2.36. The fourth-order valence-electron chi connectivity index (χ4n) is 3.00. The maximum Gasteiger partial charge on any atom is 0.247 e. The predicted octanol–water partition coefficient (Wildman–Crippen LogP) is 4.10. The van der Waals surface area contributed by atoms with Gasteiger partial charge in [0.15, 0.2) is 0 Å². The number of imidazole rings is 1. The zero-order chi connectivity index (χ0) is 21.0. The van der Waals surface area contributed by atoms with E-state index >= 15 is 0 Å². The molecule has 5 nitrogen and oxygen atoms in total. The summed E-state index contributed by atoms with van der Waals surface area (Å²) in [5.74, 6) is -0.384. The van der Waals surface area contributed by atoms with Crippen LogP contribution >= 0.6 is 11.8 Å².